The zero-order chi connectivity index (χ0) is 28.9. The van der Waals surface area contributed by atoms with Crippen molar-refractivity contribution in [1.82, 2.24) is 14.5 Å². The summed E-state index contributed by atoms with van der Waals surface area (Å²) < 4.78 is 58.2. The van der Waals surface area contributed by atoms with E-state index in [1.807, 2.05) is 37.4 Å². The van der Waals surface area contributed by atoms with E-state index in [-0.39, 0.29) is 11.7 Å². The maximum Gasteiger partial charge on any atom is 0.416 e. The van der Waals surface area contributed by atoms with E-state index in [9.17, 15) is 17.6 Å². The SMILES string of the molecule is C=C(/C=C\C=C/C)C(C)C1(Cc2ccc(C(F)(F)F)cc2)Cc2cnn(-c3ccc(F)cc3)c2C=C1CCNS. The number of aromatic nitrogens is 2. The molecule has 210 valence electrons. The summed E-state index contributed by atoms with van der Waals surface area (Å²) in [6.45, 7) is 9.05. The van der Waals surface area contributed by atoms with Crippen LogP contribution in [0.25, 0.3) is 11.8 Å². The normalized spacial score (nSPS) is 18.2. The Balaban J connectivity index is 1.84. The van der Waals surface area contributed by atoms with Gasteiger partial charge in [-0.15, -0.1) is 0 Å². The summed E-state index contributed by atoms with van der Waals surface area (Å²) in [6, 6.07) is 11.6. The first-order chi connectivity index (χ1) is 19.1. The molecule has 0 amide bonds. The third kappa shape index (κ3) is 6.34. The van der Waals surface area contributed by atoms with Crippen molar-refractivity contribution < 1.29 is 17.6 Å². The van der Waals surface area contributed by atoms with E-state index in [2.05, 4.69) is 42.2 Å². The zero-order valence-corrected chi connectivity index (χ0v) is 23.4. The molecular formula is C32H33F4N3S. The van der Waals surface area contributed by atoms with Crippen LogP contribution in [0.15, 0.2) is 96.8 Å². The van der Waals surface area contributed by atoms with Gasteiger partial charge in [-0.1, -0.05) is 73.9 Å². The van der Waals surface area contributed by atoms with Gasteiger partial charge in [0.1, 0.15) is 5.82 Å². The molecule has 40 heavy (non-hydrogen) atoms. The average molecular weight is 568 g/mol. The second kappa shape index (κ2) is 12.4. The number of allylic oxidation sites excluding steroid dienone is 5. The zero-order valence-electron chi connectivity index (χ0n) is 22.5. The molecule has 1 N–H and O–H groups in total. The number of nitrogens with zero attached hydrogens (tertiary/aromatic N) is 2. The standard InChI is InChI=1S/C32H33F4N3S/c1-4-5-6-7-22(2)23(3)31(19-24-8-10-26(11-9-24)32(34,35)36)20-25-21-37-39(29-14-12-28(33)13-15-29)30(25)18-27(31)16-17-38-40/h4-15,18,21,23,38,40H,2,16-17,19-20H2,1,3H3/b5-4-,7-6-. The van der Waals surface area contributed by atoms with Gasteiger partial charge in [-0.05, 0) is 85.7 Å². The number of hydrogen-bond acceptors (Lipinski definition) is 3. The smallest absolute Gasteiger partial charge is 0.266 e. The summed E-state index contributed by atoms with van der Waals surface area (Å²) in [7, 11) is 0. The van der Waals surface area contributed by atoms with E-state index in [4.69, 9.17) is 0 Å². The Kier molecular flexibility index (Phi) is 9.21. The second-order valence-electron chi connectivity index (χ2n) is 10.2. The monoisotopic (exact) mass is 567 g/mol. The number of halogens is 4. The number of hydrogen-bond donors (Lipinski definition) is 2. The molecule has 3 nitrogen and oxygen atoms in total. The van der Waals surface area contributed by atoms with Crippen LogP contribution in [0.1, 0.15) is 42.7 Å². The predicted molar refractivity (Wildman–Crippen MR) is 157 cm³/mol. The minimum atomic E-state index is -4.40. The number of nitrogens with one attached hydrogen (secondary N) is 1. The lowest BCUT2D eigenvalue weighted by Crippen LogP contribution is -2.39. The van der Waals surface area contributed by atoms with Crippen molar-refractivity contribution in [3.63, 3.8) is 0 Å². The largest absolute Gasteiger partial charge is 0.416 e. The molecule has 1 heterocycles. The Bertz CT molecular complexity index is 1420. The number of fused-ring (bicyclic) bond motifs is 1. The Hall–Kier alpha value is -3.36. The van der Waals surface area contributed by atoms with Crippen molar-refractivity contribution >= 4 is 18.9 Å². The molecule has 0 bridgehead atoms. The fourth-order valence-corrected chi connectivity index (χ4v) is 5.58. The minimum absolute atomic E-state index is 0.0511. The molecule has 0 fully saturated rings. The van der Waals surface area contributed by atoms with Gasteiger partial charge in [0.15, 0.2) is 0 Å². The van der Waals surface area contributed by atoms with Crippen LogP contribution >= 0.6 is 12.8 Å². The Morgan fingerprint density at radius 3 is 2.48 bits per heavy atom. The molecule has 8 heteroatoms. The molecule has 2 unspecified atom stereocenters. The Morgan fingerprint density at radius 1 is 1.15 bits per heavy atom. The third-order valence-corrected chi connectivity index (χ3v) is 7.94. The number of rotatable bonds is 10. The lowest BCUT2D eigenvalue weighted by molar-refractivity contribution is -0.137. The maximum absolute atomic E-state index is 13.6. The van der Waals surface area contributed by atoms with Crippen molar-refractivity contribution in [2.45, 2.75) is 39.3 Å². The van der Waals surface area contributed by atoms with Gasteiger partial charge in [0.2, 0.25) is 0 Å². The van der Waals surface area contributed by atoms with E-state index in [0.29, 0.717) is 25.8 Å². The van der Waals surface area contributed by atoms with E-state index >= 15 is 0 Å². The Morgan fingerprint density at radius 2 is 1.85 bits per heavy atom. The van der Waals surface area contributed by atoms with E-state index in [1.54, 1.807) is 28.9 Å². The molecule has 1 aromatic heterocycles. The number of alkyl halides is 3. The van der Waals surface area contributed by atoms with Crippen molar-refractivity contribution in [3.05, 3.63) is 125 Å². The van der Waals surface area contributed by atoms with Crippen molar-refractivity contribution in [3.8, 4) is 5.69 Å². The van der Waals surface area contributed by atoms with Crippen LogP contribution in [0.4, 0.5) is 17.6 Å². The fraction of sp³-hybridized carbons (Fsp3) is 0.281. The van der Waals surface area contributed by atoms with Gasteiger partial charge in [0.25, 0.3) is 0 Å². The first-order valence-corrected chi connectivity index (χ1v) is 13.6. The van der Waals surface area contributed by atoms with Crippen LogP contribution < -0.4 is 4.72 Å². The summed E-state index contributed by atoms with van der Waals surface area (Å²) >= 11 is 4.22. The summed E-state index contributed by atoms with van der Waals surface area (Å²) in [5.41, 5.74) is 4.37. The van der Waals surface area contributed by atoms with Gasteiger partial charge in [-0.2, -0.15) is 18.3 Å². The van der Waals surface area contributed by atoms with Crippen molar-refractivity contribution in [2.75, 3.05) is 6.54 Å². The molecule has 0 saturated heterocycles. The molecule has 3 aromatic rings. The molecule has 0 spiro atoms. The summed E-state index contributed by atoms with van der Waals surface area (Å²) in [5, 5.41) is 4.64. The van der Waals surface area contributed by atoms with Gasteiger partial charge in [0.05, 0.1) is 23.1 Å². The van der Waals surface area contributed by atoms with E-state index in [1.165, 1.54) is 12.1 Å². The molecular weight excluding hydrogens is 534 g/mol. The van der Waals surface area contributed by atoms with Gasteiger partial charge in [-0.25, -0.2) is 9.07 Å². The van der Waals surface area contributed by atoms with Gasteiger partial charge < -0.3 is 0 Å². The van der Waals surface area contributed by atoms with Crippen LogP contribution in [0.2, 0.25) is 0 Å². The highest BCUT2D eigenvalue weighted by Gasteiger charge is 2.44. The molecule has 4 rings (SSSR count). The van der Waals surface area contributed by atoms with E-state index in [0.717, 1.165) is 45.8 Å². The van der Waals surface area contributed by atoms with Gasteiger partial charge >= 0.3 is 6.18 Å². The highest BCUT2D eigenvalue weighted by atomic mass is 32.1. The van der Waals surface area contributed by atoms with Gasteiger partial charge in [-0.3, -0.25) is 4.72 Å². The lowest BCUT2D eigenvalue weighted by atomic mass is 9.59. The predicted octanol–water partition coefficient (Wildman–Crippen LogP) is 8.35. The lowest BCUT2D eigenvalue weighted by Gasteiger charge is -2.45. The van der Waals surface area contributed by atoms with Crippen LogP contribution in [-0.4, -0.2) is 16.3 Å². The second-order valence-corrected chi connectivity index (χ2v) is 10.5. The Labute approximate surface area is 238 Å². The maximum atomic E-state index is 13.6. The molecule has 1 aliphatic carbocycles. The topological polar surface area (TPSA) is 29.9 Å². The van der Waals surface area contributed by atoms with Crippen LogP contribution in [0, 0.1) is 17.2 Å². The molecule has 1 aliphatic rings. The average Bonchev–Trinajstić information content (AvgIpc) is 3.33. The quantitative estimate of drug-likeness (QED) is 0.147. The summed E-state index contributed by atoms with van der Waals surface area (Å²) in [4.78, 5) is 0. The first-order valence-electron chi connectivity index (χ1n) is 13.1. The molecule has 0 saturated carbocycles. The van der Waals surface area contributed by atoms with Crippen molar-refractivity contribution in [2.24, 2.45) is 11.3 Å². The number of benzene rings is 2. The third-order valence-electron chi connectivity index (χ3n) is 7.72. The molecule has 2 aromatic carbocycles. The van der Waals surface area contributed by atoms with Crippen LogP contribution in [0.3, 0.4) is 0 Å². The minimum Gasteiger partial charge on any atom is -0.266 e. The van der Waals surface area contributed by atoms with E-state index < -0.39 is 17.2 Å². The highest BCUT2D eigenvalue weighted by Crippen LogP contribution is 2.50. The van der Waals surface area contributed by atoms with Gasteiger partial charge in [0, 0.05) is 12.0 Å². The summed E-state index contributed by atoms with van der Waals surface area (Å²) in [5.74, 6) is -0.375. The highest BCUT2D eigenvalue weighted by molar-refractivity contribution is 7.78. The molecule has 0 aliphatic heterocycles. The van der Waals surface area contributed by atoms with Crippen LogP contribution in [0.5, 0.6) is 0 Å². The first kappa shape index (κ1) is 29.6. The molecule has 0 radical (unpaired) electrons. The number of thiol groups is 1. The molecule has 2 atom stereocenters. The fourth-order valence-electron chi connectivity index (χ4n) is 5.47. The van der Waals surface area contributed by atoms with Crippen molar-refractivity contribution in [1.29, 1.82) is 0 Å². The van der Waals surface area contributed by atoms with Crippen LogP contribution in [-0.2, 0) is 19.0 Å². The summed E-state index contributed by atoms with van der Waals surface area (Å²) in [6.07, 6.45) is 9.17.